The van der Waals surface area contributed by atoms with E-state index in [0.717, 1.165) is 10.2 Å². The minimum absolute atomic E-state index is 0.111. The van der Waals surface area contributed by atoms with Crippen LogP contribution in [0.15, 0.2) is 40.9 Å². The zero-order valence-corrected chi connectivity index (χ0v) is 8.84. The second-order valence-corrected chi connectivity index (χ2v) is 3.42. The van der Waals surface area contributed by atoms with E-state index in [4.69, 9.17) is 0 Å². The van der Waals surface area contributed by atoms with Crippen LogP contribution < -0.4 is 5.32 Å². The predicted octanol–water partition coefficient (Wildman–Crippen LogP) is 2.96. The Morgan fingerprint density at radius 3 is 2.92 bits per heavy atom. The van der Waals surface area contributed by atoms with Crippen molar-refractivity contribution in [3.8, 4) is 0 Å². The third-order valence-electron chi connectivity index (χ3n) is 1.41. The summed E-state index contributed by atoms with van der Waals surface area (Å²) in [6.45, 7) is 1.81. The number of halogens is 1. The molecule has 1 rings (SSSR count). The molecule has 0 radical (unpaired) electrons. The van der Waals surface area contributed by atoms with Gasteiger partial charge in [0.05, 0.1) is 0 Å². The van der Waals surface area contributed by atoms with Crippen molar-refractivity contribution in [1.82, 2.24) is 0 Å². The van der Waals surface area contributed by atoms with Gasteiger partial charge >= 0.3 is 0 Å². The summed E-state index contributed by atoms with van der Waals surface area (Å²) in [6, 6.07) is 7.47. The summed E-state index contributed by atoms with van der Waals surface area (Å²) < 4.78 is 0.950. The highest BCUT2D eigenvalue weighted by Crippen LogP contribution is 2.15. The number of rotatable bonds is 2. The first-order valence-electron chi connectivity index (χ1n) is 3.91. The lowest BCUT2D eigenvalue weighted by Gasteiger charge is -2.01. The van der Waals surface area contributed by atoms with E-state index in [-0.39, 0.29) is 5.91 Å². The molecule has 0 saturated heterocycles. The summed E-state index contributed by atoms with van der Waals surface area (Å²) in [5, 5.41) is 2.73. The highest BCUT2D eigenvalue weighted by Gasteiger charge is 1.96. The summed E-state index contributed by atoms with van der Waals surface area (Å²) in [7, 11) is 0. The third-order valence-corrected chi connectivity index (χ3v) is 1.90. The second kappa shape index (κ2) is 4.82. The molecule has 0 aromatic heterocycles. The van der Waals surface area contributed by atoms with Crippen LogP contribution in [0.2, 0.25) is 0 Å². The topological polar surface area (TPSA) is 29.1 Å². The zero-order valence-electron chi connectivity index (χ0n) is 7.25. The van der Waals surface area contributed by atoms with Gasteiger partial charge in [0, 0.05) is 10.2 Å². The minimum Gasteiger partial charge on any atom is -0.322 e. The molecular formula is C10H10BrNO. The fourth-order valence-corrected chi connectivity index (χ4v) is 1.30. The molecule has 1 amide bonds. The van der Waals surface area contributed by atoms with E-state index in [1.807, 2.05) is 24.3 Å². The smallest absolute Gasteiger partial charge is 0.248 e. The number of allylic oxidation sites excluding steroid dienone is 1. The van der Waals surface area contributed by atoms with E-state index in [0.29, 0.717) is 0 Å². The number of anilines is 1. The molecule has 0 spiro atoms. The number of hydrogen-bond acceptors (Lipinski definition) is 1. The van der Waals surface area contributed by atoms with E-state index in [2.05, 4.69) is 21.2 Å². The van der Waals surface area contributed by atoms with Gasteiger partial charge in [0.1, 0.15) is 0 Å². The molecule has 3 heteroatoms. The summed E-state index contributed by atoms with van der Waals surface area (Å²) in [4.78, 5) is 11.1. The largest absolute Gasteiger partial charge is 0.322 e. The SMILES string of the molecule is CC=CC(=O)Nc1cccc(Br)c1. The van der Waals surface area contributed by atoms with Crippen molar-refractivity contribution in [2.75, 3.05) is 5.32 Å². The van der Waals surface area contributed by atoms with E-state index in [9.17, 15) is 4.79 Å². The average molecular weight is 240 g/mol. The molecule has 0 unspecified atom stereocenters. The van der Waals surface area contributed by atoms with Crippen LogP contribution in [0.25, 0.3) is 0 Å². The van der Waals surface area contributed by atoms with Crippen molar-refractivity contribution in [2.24, 2.45) is 0 Å². The maximum absolute atomic E-state index is 11.1. The Morgan fingerprint density at radius 2 is 2.31 bits per heavy atom. The second-order valence-electron chi connectivity index (χ2n) is 2.50. The van der Waals surface area contributed by atoms with Gasteiger partial charge < -0.3 is 5.32 Å². The number of benzene rings is 1. The first-order chi connectivity index (χ1) is 6.22. The minimum atomic E-state index is -0.111. The Balaban J connectivity index is 2.69. The van der Waals surface area contributed by atoms with E-state index in [1.54, 1.807) is 13.0 Å². The van der Waals surface area contributed by atoms with Crippen molar-refractivity contribution >= 4 is 27.5 Å². The van der Waals surface area contributed by atoms with Crippen LogP contribution in [0.3, 0.4) is 0 Å². The molecule has 2 nitrogen and oxygen atoms in total. The normalized spacial score (nSPS) is 10.3. The molecule has 1 aromatic rings. The molecule has 68 valence electrons. The van der Waals surface area contributed by atoms with Crippen molar-refractivity contribution in [2.45, 2.75) is 6.92 Å². The highest BCUT2D eigenvalue weighted by molar-refractivity contribution is 9.10. The Hall–Kier alpha value is -1.09. The Bertz CT molecular complexity index is 333. The molecule has 0 aliphatic carbocycles. The first kappa shape index (κ1) is 9.99. The average Bonchev–Trinajstić information content (AvgIpc) is 2.04. The van der Waals surface area contributed by atoms with Gasteiger partial charge in [0.25, 0.3) is 0 Å². The van der Waals surface area contributed by atoms with Crippen LogP contribution in [0.4, 0.5) is 5.69 Å². The number of carbonyl (C=O) groups is 1. The monoisotopic (exact) mass is 239 g/mol. The van der Waals surface area contributed by atoms with Gasteiger partial charge in [0.15, 0.2) is 0 Å². The summed E-state index contributed by atoms with van der Waals surface area (Å²) in [5.74, 6) is -0.111. The van der Waals surface area contributed by atoms with E-state index < -0.39 is 0 Å². The lowest BCUT2D eigenvalue weighted by Crippen LogP contribution is -2.07. The van der Waals surface area contributed by atoms with Crippen molar-refractivity contribution in [3.05, 3.63) is 40.9 Å². The molecule has 1 aromatic carbocycles. The van der Waals surface area contributed by atoms with Crippen LogP contribution in [0.5, 0.6) is 0 Å². The van der Waals surface area contributed by atoms with Crippen LogP contribution in [-0.2, 0) is 4.79 Å². The predicted molar refractivity (Wildman–Crippen MR) is 57.6 cm³/mol. The molecule has 0 atom stereocenters. The number of hydrogen-bond donors (Lipinski definition) is 1. The highest BCUT2D eigenvalue weighted by atomic mass is 79.9. The van der Waals surface area contributed by atoms with Crippen LogP contribution >= 0.6 is 15.9 Å². The molecule has 0 bridgehead atoms. The number of amides is 1. The number of carbonyl (C=O) groups excluding carboxylic acids is 1. The molecule has 0 saturated carbocycles. The molecule has 13 heavy (non-hydrogen) atoms. The van der Waals surface area contributed by atoms with E-state index >= 15 is 0 Å². The van der Waals surface area contributed by atoms with Gasteiger partial charge in [-0.05, 0) is 31.2 Å². The van der Waals surface area contributed by atoms with Gasteiger partial charge in [-0.1, -0.05) is 28.1 Å². The fraction of sp³-hybridized carbons (Fsp3) is 0.100. The zero-order chi connectivity index (χ0) is 9.68. The Morgan fingerprint density at radius 1 is 1.54 bits per heavy atom. The van der Waals surface area contributed by atoms with Gasteiger partial charge in [-0.25, -0.2) is 0 Å². The third kappa shape index (κ3) is 3.42. The lowest BCUT2D eigenvalue weighted by molar-refractivity contribution is -0.111. The van der Waals surface area contributed by atoms with E-state index in [1.165, 1.54) is 6.08 Å². The van der Waals surface area contributed by atoms with Gasteiger partial charge in [0.2, 0.25) is 5.91 Å². The molecule has 0 fully saturated rings. The first-order valence-corrected chi connectivity index (χ1v) is 4.71. The van der Waals surface area contributed by atoms with Crippen LogP contribution in [0, 0.1) is 0 Å². The molecular weight excluding hydrogens is 230 g/mol. The Kier molecular flexibility index (Phi) is 3.71. The lowest BCUT2D eigenvalue weighted by atomic mass is 10.3. The standard InChI is InChI=1S/C10H10BrNO/c1-2-4-10(13)12-9-6-3-5-8(11)7-9/h2-7H,1H3,(H,12,13). The van der Waals surface area contributed by atoms with Crippen LogP contribution in [0.1, 0.15) is 6.92 Å². The maximum atomic E-state index is 11.1. The fourth-order valence-electron chi connectivity index (χ4n) is 0.902. The molecule has 0 aliphatic heterocycles. The number of nitrogens with one attached hydrogen (secondary N) is 1. The van der Waals surface area contributed by atoms with Gasteiger partial charge in [-0.2, -0.15) is 0 Å². The van der Waals surface area contributed by atoms with Crippen molar-refractivity contribution in [1.29, 1.82) is 0 Å². The molecule has 0 aliphatic rings. The van der Waals surface area contributed by atoms with Gasteiger partial charge in [-0.3, -0.25) is 4.79 Å². The summed E-state index contributed by atoms with van der Waals surface area (Å²) in [6.07, 6.45) is 3.19. The quantitative estimate of drug-likeness (QED) is 0.791. The maximum Gasteiger partial charge on any atom is 0.248 e. The summed E-state index contributed by atoms with van der Waals surface area (Å²) >= 11 is 3.32. The molecule has 1 N–H and O–H groups in total. The molecule has 0 heterocycles. The summed E-state index contributed by atoms with van der Waals surface area (Å²) in [5.41, 5.74) is 0.789. The van der Waals surface area contributed by atoms with Crippen molar-refractivity contribution < 1.29 is 4.79 Å². The Labute approximate surface area is 85.8 Å². The van der Waals surface area contributed by atoms with Crippen LogP contribution in [-0.4, -0.2) is 5.91 Å². The van der Waals surface area contributed by atoms with Crippen molar-refractivity contribution in [3.63, 3.8) is 0 Å². The van der Waals surface area contributed by atoms with Gasteiger partial charge in [-0.15, -0.1) is 0 Å².